The fraction of sp³-hybridized carbons (Fsp3) is 0.143. The highest BCUT2D eigenvalue weighted by Crippen LogP contribution is 2.23. The zero-order valence-electron chi connectivity index (χ0n) is 16.5. The molecule has 0 aliphatic rings. The average molecular weight is 365 g/mol. The van der Waals surface area contributed by atoms with Crippen LogP contribution in [0, 0.1) is 0 Å². The van der Waals surface area contributed by atoms with Gasteiger partial charge in [-0.2, -0.15) is 0 Å². The van der Waals surface area contributed by atoms with E-state index in [1.807, 2.05) is 6.07 Å². The van der Waals surface area contributed by atoms with Crippen LogP contribution in [0.5, 0.6) is 0 Å². The molecule has 3 aromatic rings. The molecule has 0 aromatic heterocycles. The molecule has 0 radical (unpaired) electrons. The highest BCUT2D eigenvalue weighted by Gasteiger charge is 2.02. The molecule has 0 amide bonds. The Bertz CT molecular complexity index is 913. The van der Waals surface area contributed by atoms with Crippen molar-refractivity contribution in [3.63, 3.8) is 0 Å². The summed E-state index contributed by atoms with van der Waals surface area (Å²) < 4.78 is 0. The zero-order valence-corrected chi connectivity index (χ0v) is 16.5. The third kappa shape index (κ3) is 5.96. The number of rotatable bonds is 9. The maximum atomic E-state index is 4.28. The van der Waals surface area contributed by atoms with E-state index in [0.29, 0.717) is 0 Å². The van der Waals surface area contributed by atoms with Crippen LogP contribution in [0.25, 0.3) is 17.2 Å². The molecule has 0 saturated carbocycles. The monoisotopic (exact) mass is 364 g/mol. The molecule has 0 unspecified atom stereocenters. The highest BCUT2D eigenvalue weighted by molar-refractivity contribution is 5.70. The van der Waals surface area contributed by atoms with Crippen molar-refractivity contribution in [3.05, 3.63) is 126 Å². The van der Waals surface area contributed by atoms with Crippen LogP contribution in [0.4, 0.5) is 0 Å². The Morgan fingerprint density at radius 2 is 1.25 bits per heavy atom. The Balaban J connectivity index is 1.48. The van der Waals surface area contributed by atoms with E-state index < -0.39 is 0 Å². The molecule has 140 valence electrons. The predicted molar refractivity (Wildman–Crippen MR) is 124 cm³/mol. The number of aryl methyl sites for hydroxylation is 1. The van der Waals surface area contributed by atoms with Crippen LogP contribution in [-0.4, -0.2) is 0 Å². The molecule has 0 spiro atoms. The van der Waals surface area contributed by atoms with Gasteiger partial charge in [-0.1, -0.05) is 110 Å². The van der Waals surface area contributed by atoms with E-state index in [1.165, 1.54) is 27.8 Å². The standard InChI is InChI=1S/C28H28/c1-23(11-9-17-25-13-5-3-6-14-25)27-19-21-28(22-20-27)24(2)12-10-18-26-15-7-4-8-16-26/h3-9,13-17,19-22H,1-2,10-12,18H2. The summed E-state index contributed by atoms with van der Waals surface area (Å²) in [4.78, 5) is 0. The third-order valence-corrected chi connectivity index (χ3v) is 4.96. The van der Waals surface area contributed by atoms with Gasteiger partial charge in [-0.3, -0.25) is 0 Å². The predicted octanol–water partition coefficient (Wildman–Crippen LogP) is 7.84. The molecular weight excluding hydrogens is 336 g/mol. The van der Waals surface area contributed by atoms with Gasteiger partial charge < -0.3 is 0 Å². The lowest BCUT2D eigenvalue weighted by atomic mass is 9.97. The minimum absolute atomic E-state index is 0.853. The molecule has 0 heterocycles. The van der Waals surface area contributed by atoms with Crippen molar-refractivity contribution in [2.45, 2.75) is 25.7 Å². The van der Waals surface area contributed by atoms with E-state index in [0.717, 1.165) is 31.3 Å². The molecule has 0 bridgehead atoms. The Kier molecular flexibility index (Phi) is 7.21. The molecule has 0 heteroatoms. The molecule has 0 aliphatic heterocycles. The minimum Gasteiger partial charge on any atom is -0.0952 e. The van der Waals surface area contributed by atoms with Crippen molar-refractivity contribution in [2.24, 2.45) is 0 Å². The summed E-state index contributed by atoms with van der Waals surface area (Å²) in [5, 5.41) is 0. The summed E-state index contributed by atoms with van der Waals surface area (Å²) in [5.74, 6) is 0. The number of benzene rings is 3. The largest absolute Gasteiger partial charge is 0.0952 e. The van der Waals surface area contributed by atoms with Crippen molar-refractivity contribution in [1.29, 1.82) is 0 Å². The van der Waals surface area contributed by atoms with E-state index in [4.69, 9.17) is 0 Å². The van der Waals surface area contributed by atoms with Gasteiger partial charge in [0.25, 0.3) is 0 Å². The maximum Gasteiger partial charge on any atom is -0.00941 e. The van der Waals surface area contributed by atoms with Gasteiger partial charge in [-0.25, -0.2) is 0 Å². The fourth-order valence-electron chi connectivity index (χ4n) is 3.26. The smallest absolute Gasteiger partial charge is 0.00941 e. The summed E-state index contributed by atoms with van der Waals surface area (Å²) in [6.45, 7) is 8.52. The second kappa shape index (κ2) is 10.3. The van der Waals surface area contributed by atoms with Crippen molar-refractivity contribution < 1.29 is 0 Å². The van der Waals surface area contributed by atoms with Gasteiger partial charge in [-0.05, 0) is 59.1 Å². The lowest BCUT2D eigenvalue weighted by molar-refractivity contribution is 0.854. The van der Waals surface area contributed by atoms with Crippen molar-refractivity contribution in [2.75, 3.05) is 0 Å². The topological polar surface area (TPSA) is 0 Å². The molecule has 0 fully saturated rings. The first-order valence-electron chi connectivity index (χ1n) is 9.94. The summed E-state index contributed by atoms with van der Waals surface area (Å²) >= 11 is 0. The van der Waals surface area contributed by atoms with E-state index in [-0.39, 0.29) is 0 Å². The molecule has 0 nitrogen and oxygen atoms in total. The van der Waals surface area contributed by atoms with Crippen LogP contribution in [0.3, 0.4) is 0 Å². The molecular formula is C28H28. The van der Waals surface area contributed by atoms with E-state index >= 15 is 0 Å². The fourth-order valence-corrected chi connectivity index (χ4v) is 3.26. The summed E-state index contributed by atoms with van der Waals surface area (Å²) in [6, 6.07) is 29.7. The molecule has 3 rings (SSSR count). The van der Waals surface area contributed by atoms with Gasteiger partial charge in [0.15, 0.2) is 0 Å². The summed E-state index contributed by atoms with van der Waals surface area (Å²) in [5.41, 5.74) is 7.37. The first-order chi connectivity index (χ1) is 13.7. The minimum atomic E-state index is 0.853. The third-order valence-electron chi connectivity index (χ3n) is 4.96. The van der Waals surface area contributed by atoms with Crippen LogP contribution in [0.2, 0.25) is 0 Å². The van der Waals surface area contributed by atoms with E-state index in [9.17, 15) is 0 Å². The molecule has 28 heavy (non-hydrogen) atoms. The SMILES string of the molecule is C=C(CC=Cc1ccccc1)c1ccc(C(=C)CCCc2ccccc2)cc1. The summed E-state index contributed by atoms with van der Waals surface area (Å²) in [6.07, 6.45) is 8.42. The van der Waals surface area contributed by atoms with Crippen molar-refractivity contribution >= 4 is 17.2 Å². The van der Waals surface area contributed by atoms with Gasteiger partial charge in [0.1, 0.15) is 0 Å². The number of hydrogen-bond acceptors (Lipinski definition) is 0. The van der Waals surface area contributed by atoms with Crippen molar-refractivity contribution in [3.8, 4) is 0 Å². The highest BCUT2D eigenvalue weighted by atomic mass is 14.1. The van der Waals surface area contributed by atoms with Gasteiger partial charge in [-0.15, -0.1) is 0 Å². The van der Waals surface area contributed by atoms with Crippen LogP contribution in [-0.2, 0) is 6.42 Å². The van der Waals surface area contributed by atoms with E-state index in [2.05, 4.69) is 104 Å². The molecule has 0 saturated heterocycles. The maximum absolute atomic E-state index is 4.28. The normalized spacial score (nSPS) is 10.9. The second-order valence-electron chi connectivity index (χ2n) is 7.14. The van der Waals surface area contributed by atoms with Crippen LogP contribution in [0.1, 0.15) is 41.5 Å². The molecule has 3 aromatic carbocycles. The summed E-state index contributed by atoms with van der Waals surface area (Å²) in [7, 11) is 0. The van der Waals surface area contributed by atoms with Gasteiger partial charge in [0.2, 0.25) is 0 Å². The first kappa shape index (κ1) is 19.6. The molecule has 0 atom stereocenters. The van der Waals surface area contributed by atoms with Crippen LogP contribution >= 0.6 is 0 Å². The lowest BCUT2D eigenvalue weighted by Crippen LogP contribution is -1.89. The van der Waals surface area contributed by atoms with Crippen LogP contribution < -0.4 is 0 Å². The molecule has 0 aliphatic carbocycles. The Morgan fingerprint density at radius 3 is 1.89 bits per heavy atom. The molecule has 0 N–H and O–H groups in total. The second-order valence-corrected chi connectivity index (χ2v) is 7.14. The van der Waals surface area contributed by atoms with Gasteiger partial charge >= 0.3 is 0 Å². The Morgan fingerprint density at radius 1 is 0.679 bits per heavy atom. The zero-order chi connectivity index (χ0) is 19.6. The number of hydrogen-bond donors (Lipinski definition) is 0. The Hall–Kier alpha value is -3.12. The van der Waals surface area contributed by atoms with Gasteiger partial charge in [0.05, 0.1) is 0 Å². The Labute approximate surface area is 169 Å². The van der Waals surface area contributed by atoms with E-state index in [1.54, 1.807) is 0 Å². The first-order valence-corrected chi connectivity index (χ1v) is 9.94. The average Bonchev–Trinajstić information content (AvgIpc) is 2.75. The van der Waals surface area contributed by atoms with Crippen molar-refractivity contribution in [1.82, 2.24) is 0 Å². The quantitative estimate of drug-likeness (QED) is 0.363. The van der Waals surface area contributed by atoms with Gasteiger partial charge in [0, 0.05) is 0 Å². The van der Waals surface area contributed by atoms with Crippen LogP contribution in [0.15, 0.2) is 104 Å². The lowest BCUT2D eigenvalue weighted by Gasteiger charge is -2.09. The number of allylic oxidation sites excluding steroid dienone is 3.